The fourth-order valence-electron chi connectivity index (χ4n) is 4.04. The molecular formula is C16H29NO2. The first-order valence-corrected chi connectivity index (χ1v) is 8.18. The number of likely N-dealkylation sites (tertiary alicyclic amines) is 1. The van der Waals surface area contributed by atoms with Crippen molar-refractivity contribution < 1.29 is 9.90 Å². The van der Waals surface area contributed by atoms with Crippen LogP contribution in [-0.4, -0.2) is 34.6 Å². The van der Waals surface area contributed by atoms with Crippen LogP contribution < -0.4 is 0 Å². The number of aliphatic carboxylic acids is 1. The summed E-state index contributed by atoms with van der Waals surface area (Å²) in [4.78, 5) is 13.5. The lowest BCUT2D eigenvalue weighted by molar-refractivity contribution is -0.137. The standard InChI is InChI=1S/C16H29NO2/c1-2-13-6-5-8-15(12-13)17-11-4-3-7-14(17)9-10-16(18)19/h13-15H,2-12H2,1H3,(H,18,19). The zero-order valence-corrected chi connectivity index (χ0v) is 12.3. The second-order valence-corrected chi connectivity index (χ2v) is 6.41. The third-order valence-electron chi connectivity index (χ3n) is 5.17. The summed E-state index contributed by atoms with van der Waals surface area (Å²) in [7, 11) is 0. The van der Waals surface area contributed by atoms with E-state index in [4.69, 9.17) is 5.11 Å². The molecule has 19 heavy (non-hydrogen) atoms. The molecule has 0 aromatic rings. The van der Waals surface area contributed by atoms with Crippen molar-refractivity contribution in [1.82, 2.24) is 4.90 Å². The largest absolute Gasteiger partial charge is 0.481 e. The number of piperidine rings is 1. The summed E-state index contributed by atoms with van der Waals surface area (Å²) in [5.74, 6) is 0.265. The monoisotopic (exact) mass is 267 g/mol. The Morgan fingerprint density at radius 3 is 2.79 bits per heavy atom. The fraction of sp³-hybridized carbons (Fsp3) is 0.938. The van der Waals surface area contributed by atoms with Gasteiger partial charge >= 0.3 is 5.97 Å². The van der Waals surface area contributed by atoms with Crippen molar-refractivity contribution >= 4 is 5.97 Å². The SMILES string of the molecule is CCC1CCCC(N2CCCCC2CCC(=O)O)C1. The van der Waals surface area contributed by atoms with Crippen molar-refractivity contribution in [2.75, 3.05) is 6.54 Å². The molecule has 2 fully saturated rings. The molecule has 3 nitrogen and oxygen atoms in total. The zero-order valence-electron chi connectivity index (χ0n) is 12.3. The number of carboxylic acid groups (broad SMARTS) is 1. The van der Waals surface area contributed by atoms with Crippen LogP contribution in [0.4, 0.5) is 0 Å². The lowest BCUT2D eigenvalue weighted by Gasteiger charge is -2.44. The molecule has 3 heteroatoms. The zero-order chi connectivity index (χ0) is 13.7. The van der Waals surface area contributed by atoms with Gasteiger partial charge < -0.3 is 5.11 Å². The van der Waals surface area contributed by atoms with Gasteiger partial charge in [0.15, 0.2) is 0 Å². The summed E-state index contributed by atoms with van der Waals surface area (Å²) in [5.41, 5.74) is 0. The van der Waals surface area contributed by atoms with E-state index in [-0.39, 0.29) is 0 Å². The predicted molar refractivity (Wildman–Crippen MR) is 77.3 cm³/mol. The maximum absolute atomic E-state index is 10.8. The third-order valence-corrected chi connectivity index (χ3v) is 5.17. The highest BCUT2D eigenvalue weighted by atomic mass is 16.4. The second-order valence-electron chi connectivity index (χ2n) is 6.41. The molecule has 1 saturated carbocycles. The quantitative estimate of drug-likeness (QED) is 0.826. The van der Waals surface area contributed by atoms with Crippen LogP contribution in [0.2, 0.25) is 0 Å². The maximum atomic E-state index is 10.8. The van der Waals surface area contributed by atoms with Crippen LogP contribution in [0.5, 0.6) is 0 Å². The van der Waals surface area contributed by atoms with Crippen molar-refractivity contribution in [3.8, 4) is 0 Å². The van der Waals surface area contributed by atoms with E-state index < -0.39 is 5.97 Å². The van der Waals surface area contributed by atoms with E-state index in [2.05, 4.69) is 11.8 Å². The number of carbonyl (C=O) groups is 1. The van der Waals surface area contributed by atoms with E-state index in [1.165, 1.54) is 57.9 Å². The Bertz CT molecular complexity index is 292. The summed E-state index contributed by atoms with van der Waals surface area (Å²) >= 11 is 0. The Kier molecular flexibility index (Phi) is 5.68. The predicted octanol–water partition coefficient (Wildman–Crippen LogP) is 3.67. The van der Waals surface area contributed by atoms with Crippen LogP contribution in [0, 0.1) is 5.92 Å². The Balaban J connectivity index is 1.92. The van der Waals surface area contributed by atoms with Crippen molar-refractivity contribution in [2.45, 2.75) is 83.2 Å². The molecule has 0 aromatic heterocycles. The van der Waals surface area contributed by atoms with E-state index in [1.54, 1.807) is 0 Å². The van der Waals surface area contributed by atoms with Gasteiger partial charge in [0.2, 0.25) is 0 Å². The Morgan fingerprint density at radius 1 is 1.21 bits per heavy atom. The van der Waals surface area contributed by atoms with Crippen LogP contribution in [0.15, 0.2) is 0 Å². The molecule has 0 spiro atoms. The molecule has 0 aromatic carbocycles. The van der Waals surface area contributed by atoms with Crippen molar-refractivity contribution in [1.29, 1.82) is 0 Å². The topological polar surface area (TPSA) is 40.5 Å². The lowest BCUT2D eigenvalue weighted by atomic mass is 9.81. The molecule has 1 aliphatic carbocycles. The van der Waals surface area contributed by atoms with Gasteiger partial charge in [-0.25, -0.2) is 0 Å². The Hall–Kier alpha value is -0.570. The molecule has 2 aliphatic rings. The summed E-state index contributed by atoms with van der Waals surface area (Å²) < 4.78 is 0. The number of rotatable bonds is 5. The molecular weight excluding hydrogens is 238 g/mol. The molecule has 0 radical (unpaired) electrons. The molecule has 1 saturated heterocycles. The highest BCUT2D eigenvalue weighted by Crippen LogP contribution is 2.34. The Morgan fingerprint density at radius 2 is 2.05 bits per heavy atom. The van der Waals surface area contributed by atoms with Crippen molar-refractivity contribution in [3.63, 3.8) is 0 Å². The van der Waals surface area contributed by atoms with Crippen LogP contribution >= 0.6 is 0 Å². The molecule has 1 heterocycles. The maximum Gasteiger partial charge on any atom is 0.303 e. The minimum atomic E-state index is -0.638. The van der Waals surface area contributed by atoms with Gasteiger partial charge in [-0.05, 0) is 44.6 Å². The van der Waals surface area contributed by atoms with Crippen LogP contribution in [0.1, 0.15) is 71.1 Å². The highest BCUT2D eigenvalue weighted by Gasteiger charge is 2.32. The molecule has 0 amide bonds. The third kappa shape index (κ3) is 4.20. The Labute approximate surface area is 117 Å². The number of carboxylic acids is 1. The molecule has 3 unspecified atom stereocenters. The molecule has 1 N–H and O–H groups in total. The van der Waals surface area contributed by atoms with Gasteiger partial charge in [0, 0.05) is 18.5 Å². The molecule has 3 atom stereocenters. The van der Waals surface area contributed by atoms with Gasteiger partial charge in [-0.15, -0.1) is 0 Å². The second kappa shape index (κ2) is 7.28. The summed E-state index contributed by atoms with van der Waals surface area (Å²) in [6.07, 6.45) is 11.7. The van der Waals surface area contributed by atoms with E-state index in [9.17, 15) is 4.79 Å². The molecule has 1 aliphatic heterocycles. The molecule has 0 bridgehead atoms. The highest BCUT2D eigenvalue weighted by molar-refractivity contribution is 5.66. The van der Waals surface area contributed by atoms with Gasteiger partial charge in [0.1, 0.15) is 0 Å². The average Bonchev–Trinajstić information content (AvgIpc) is 2.45. The van der Waals surface area contributed by atoms with Crippen LogP contribution in [0.25, 0.3) is 0 Å². The van der Waals surface area contributed by atoms with Crippen LogP contribution in [-0.2, 0) is 4.79 Å². The van der Waals surface area contributed by atoms with Gasteiger partial charge in [-0.1, -0.05) is 32.6 Å². The fourth-order valence-corrected chi connectivity index (χ4v) is 4.04. The van der Waals surface area contributed by atoms with Gasteiger partial charge in [-0.2, -0.15) is 0 Å². The van der Waals surface area contributed by atoms with Crippen molar-refractivity contribution in [2.24, 2.45) is 5.92 Å². The summed E-state index contributed by atoms with van der Waals surface area (Å²) in [6, 6.07) is 1.27. The first kappa shape index (κ1) is 14.8. The first-order chi connectivity index (χ1) is 9.20. The van der Waals surface area contributed by atoms with E-state index in [0.29, 0.717) is 12.5 Å². The van der Waals surface area contributed by atoms with Crippen molar-refractivity contribution in [3.05, 3.63) is 0 Å². The minimum absolute atomic E-state index is 0.338. The first-order valence-electron chi connectivity index (χ1n) is 8.18. The minimum Gasteiger partial charge on any atom is -0.481 e. The van der Waals surface area contributed by atoms with Gasteiger partial charge in [-0.3, -0.25) is 9.69 Å². The normalized spacial score (nSPS) is 33.2. The number of hydrogen-bond donors (Lipinski definition) is 1. The average molecular weight is 267 g/mol. The van der Waals surface area contributed by atoms with E-state index >= 15 is 0 Å². The van der Waals surface area contributed by atoms with Gasteiger partial charge in [0.05, 0.1) is 0 Å². The summed E-state index contributed by atoms with van der Waals surface area (Å²) in [6.45, 7) is 3.51. The molecule has 110 valence electrons. The number of hydrogen-bond acceptors (Lipinski definition) is 2. The van der Waals surface area contributed by atoms with Crippen LogP contribution in [0.3, 0.4) is 0 Å². The number of nitrogens with zero attached hydrogens (tertiary/aromatic N) is 1. The lowest BCUT2D eigenvalue weighted by Crippen LogP contribution is -2.48. The molecule has 2 rings (SSSR count). The summed E-state index contributed by atoms with van der Waals surface area (Å²) in [5, 5.41) is 8.90. The van der Waals surface area contributed by atoms with E-state index in [0.717, 1.165) is 18.4 Å². The smallest absolute Gasteiger partial charge is 0.303 e. The van der Waals surface area contributed by atoms with E-state index in [1.807, 2.05) is 0 Å². The van der Waals surface area contributed by atoms with Gasteiger partial charge in [0.25, 0.3) is 0 Å².